The number of carboxylic acids is 1. The minimum absolute atomic E-state index is 0.200. The highest BCUT2D eigenvalue weighted by molar-refractivity contribution is 8.19. The Bertz CT molecular complexity index is 1290. The van der Waals surface area contributed by atoms with Crippen molar-refractivity contribution in [3.05, 3.63) is 93.3 Å². The summed E-state index contributed by atoms with van der Waals surface area (Å²) in [4.78, 5) is 37.7. The minimum atomic E-state index is -0.990. The number of ether oxygens (including phenoxy) is 2. The van der Waals surface area contributed by atoms with Crippen LogP contribution in [-0.2, 0) is 11.4 Å². The zero-order valence-electron chi connectivity index (χ0n) is 17.9. The molecular formula is C25H18ClNO6S. The predicted octanol–water partition coefficient (Wildman–Crippen LogP) is 5.87. The molecule has 9 heteroatoms. The molecule has 0 atom stereocenters. The summed E-state index contributed by atoms with van der Waals surface area (Å²) in [6, 6.07) is 18.0. The van der Waals surface area contributed by atoms with Crippen LogP contribution in [0.2, 0.25) is 5.02 Å². The van der Waals surface area contributed by atoms with Gasteiger partial charge in [0.25, 0.3) is 11.1 Å². The van der Waals surface area contributed by atoms with E-state index in [1.807, 2.05) is 0 Å². The van der Waals surface area contributed by atoms with Crippen LogP contribution in [0.1, 0.15) is 21.5 Å². The van der Waals surface area contributed by atoms with E-state index < -0.39 is 11.9 Å². The average molecular weight is 496 g/mol. The van der Waals surface area contributed by atoms with Gasteiger partial charge in [0.2, 0.25) is 0 Å². The smallest absolute Gasteiger partial charge is 0.335 e. The number of anilines is 1. The summed E-state index contributed by atoms with van der Waals surface area (Å²) in [7, 11) is 1.50. The minimum Gasteiger partial charge on any atom is -0.493 e. The number of rotatable bonds is 7. The zero-order chi connectivity index (χ0) is 24.2. The molecule has 0 saturated carbocycles. The van der Waals surface area contributed by atoms with Gasteiger partial charge in [-0.25, -0.2) is 9.69 Å². The Morgan fingerprint density at radius 2 is 1.74 bits per heavy atom. The predicted molar refractivity (Wildman–Crippen MR) is 131 cm³/mol. The molecule has 3 aromatic carbocycles. The van der Waals surface area contributed by atoms with Crippen molar-refractivity contribution in [1.29, 1.82) is 0 Å². The molecule has 2 amide bonds. The van der Waals surface area contributed by atoms with Crippen LogP contribution in [0.4, 0.5) is 10.5 Å². The second-order valence-electron chi connectivity index (χ2n) is 7.19. The molecular weight excluding hydrogens is 478 g/mol. The summed E-state index contributed by atoms with van der Waals surface area (Å²) >= 11 is 6.75. The van der Waals surface area contributed by atoms with Crippen molar-refractivity contribution in [3.8, 4) is 11.5 Å². The number of thioether (sulfide) groups is 1. The Balaban J connectivity index is 1.49. The van der Waals surface area contributed by atoms with Crippen molar-refractivity contribution >= 4 is 52.2 Å². The van der Waals surface area contributed by atoms with Crippen LogP contribution in [0, 0.1) is 0 Å². The molecule has 7 nitrogen and oxygen atoms in total. The van der Waals surface area contributed by atoms with E-state index in [0.717, 1.165) is 22.2 Å². The molecule has 1 saturated heterocycles. The monoisotopic (exact) mass is 495 g/mol. The molecule has 34 heavy (non-hydrogen) atoms. The van der Waals surface area contributed by atoms with Gasteiger partial charge in [-0.05, 0) is 77.5 Å². The first-order valence-corrected chi connectivity index (χ1v) is 11.2. The van der Waals surface area contributed by atoms with Gasteiger partial charge >= 0.3 is 5.97 Å². The summed E-state index contributed by atoms with van der Waals surface area (Å²) in [5.41, 5.74) is 2.11. The largest absolute Gasteiger partial charge is 0.493 e. The molecule has 4 rings (SSSR count). The molecule has 3 aromatic rings. The van der Waals surface area contributed by atoms with Crippen molar-refractivity contribution in [2.75, 3.05) is 12.0 Å². The number of carbonyl (C=O) groups excluding carboxylic acids is 2. The van der Waals surface area contributed by atoms with E-state index in [4.69, 9.17) is 26.2 Å². The average Bonchev–Trinajstić information content (AvgIpc) is 3.11. The van der Waals surface area contributed by atoms with Gasteiger partial charge in [-0.15, -0.1) is 0 Å². The Morgan fingerprint density at radius 1 is 1.03 bits per heavy atom. The van der Waals surface area contributed by atoms with Crippen LogP contribution in [0.3, 0.4) is 0 Å². The molecule has 0 aliphatic carbocycles. The molecule has 0 bridgehead atoms. The summed E-state index contributed by atoms with van der Waals surface area (Å²) < 4.78 is 11.2. The second-order valence-corrected chi connectivity index (χ2v) is 8.62. The van der Waals surface area contributed by atoms with Crippen LogP contribution in [0.15, 0.2) is 71.6 Å². The first kappa shape index (κ1) is 23.4. The lowest BCUT2D eigenvalue weighted by Gasteiger charge is -2.12. The maximum absolute atomic E-state index is 12.8. The van der Waals surface area contributed by atoms with Crippen molar-refractivity contribution < 1.29 is 29.0 Å². The number of hydrogen-bond acceptors (Lipinski definition) is 6. The van der Waals surface area contributed by atoms with E-state index in [9.17, 15) is 14.4 Å². The molecule has 1 N–H and O–H groups in total. The Morgan fingerprint density at radius 3 is 2.38 bits per heavy atom. The fourth-order valence-corrected chi connectivity index (χ4v) is 4.20. The molecule has 1 fully saturated rings. The van der Waals surface area contributed by atoms with Crippen LogP contribution >= 0.6 is 23.4 Å². The van der Waals surface area contributed by atoms with E-state index in [1.54, 1.807) is 60.7 Å². The topological polar surface area (TPSA) is 93.1 Å². The SMILES string of the molecule is COc1cc(/C=C2\SC(=O)N(c3ccc(Cl)cc3)C2=O)ccc1OCc1ccc(C(=O)O)cc1. The van der Waals surface area contributed by atoms with Gasteiger partial charge < -0.3 is 14.6 Å². The van der Waals surface area contributed by atoms with Crippen LogP contribution in [0.5, 0.6) is 11.5 Å². The van der Waals surface area contributed by atoms with Crippen molar-refractivity contribution in [3.63, 3.8) is 0 Å². The van der Waals surface area contributed by atoms with Gasteiger partial charge in [-0.2, -0.15) is 0 Å². The summed E-state index contributed by atoms with van der Waals surface area (Å²) in [5, 5.41) is 9.11. The molecule has 1 aliphatic heterocycles. The number of carbonyl (C=O) groups is 3. The number of aromatic carboxylic acids is 1. The van der Waals surface area contributed by atoms with Gasteiger partial charge in [-0.1, -0.05) is 29.8 Å². The van der Waals surface area contributed by atoms with Crippen molar-refractivity contribution in [2.24, 2.45) is 0 Å². The molecule has 1 heterocycles. The van der Waals surface area contributed by atoms with Crippen LogP contribution in [0.25, 0.3) is 6.08 Å². The van der Waals surface area contributed by atoms with Gasteiger partial charge in [0, 0.05) is 5.02 Å². The zero-order valence-corrected chi connectivity index (χ0v) is 19.4. The third-order valence-corrected chi connectivity index (χ3v) is 6.08. The van der Waals surface area contributed by atoms with Gasteiger partial charge in [-0.3, -0.25) is 9.59 Å². The van der Waals surface area contributed by atoms with E-state index in [0.29, 0.717) is 27.8 Å². The van der Waals surface area contributed by atoms with Gasteiger partial charge in [0.15, 0.2) is 11.5 Å². The normalized spacial score (nSPS) is 14.5. The van der Waals surface area contributed by atoms with Crippen molar-refractivity contribution in [1.82, 2.24) is 0 Å². The van der Waals surface area contributed by atoms with E-state index in [1.165, 1.54) is 19.2 Å². The Labute approximate surface area is 204 Å². The number of benzene rings is 3. The number of nitrogens with zero attached hydrogens (tertiary/aromatic N) is 1. The number of imide groups is 1. The molecule has 1 aliphatic rings. The molecule has 0 spiro atoms. The third kappa shape index (κ3) is 5.08. The third-order valence-electron chi connectivity index (χ3n) is 4.96. The number of carboxylic acid groups (broad SMARTS) is 1. The molecule has 172 valence electrons. The summed E-state index contributed by atoms with van der Waals surface area (Å²) in [5.74, 6) is -0.471. The number of amides is 2. The number of hydrogen-bond donors (Lipinski definition) is 1. The highest BCUT2D eigenvalue weighted by Gasteiger charge is 2.36. The van der Waals surface area contributed by atoms with E-state index >= 15 is 0 Å². The maximum atomic E-state index is 12.8. The van der Waals surface area contributed by atoms with E-state index in [2.05, 4.69) is 0 Å². The molecule has 0 radical (unpaired) electrons. The lowest BCUT2D eigenvalue weighted by molar-refractivity contribution is -0.113. The highest BCUT2D eigenvalue weighted by Crippen LogP contribution is 2.37. The van der Waals surface area contributed by atoms with Crippen LogP contribution < -0.4 is 14.4 Å². The number of halogens is 1. The molecule has 0 unspecified atom stereocenters. The standard InChI is InChI=1S/C25H18ClNO6S/c1-32-21-12-16(4-11-20(21)33-14-15-2-5-17(6-3-15)24(29)30)13-22-23(28)27(25(31)34-22)19-9-7-18(26)8-10-19/h2-13H,14H2,1H3,(H,29,30)/b22-13-. The maximum Gasteiger partial charge on any atom is 0.335 e. The van der Waals surface area contributed by atoms with Crippen molar-refractivity contribution in [2.45, 2.75) is 6.61 Å². The summed E-state index contributed by atoms with van der Waals surface area (Å²) in [6.45, 7) is 0.218. The first-order valence-electron chi connectivity index (χ1n) is 10.0. The lowest BCUT2D eigenvalue weighted by Crippen LogP contribution is -2.27. The first-order chi connectivity index (χ1) is 16.4. The molecule has 0 aromatic heterocycles. The fraction of sp³-hybridized carbons (Fsp3) is 0.0800. The van der Waals surface area contributed by atoms with Gasteiger partial charge in [0.05, 0.1) is 23.3 Å². The Hall–Kier alpha value is -3.75. The lowest BCUT2D eigenvalue weighted by atomic mass is 10.1. The van der Waals surface area contributed by atoms with Gasteiger partial charge in [0.1, 0.15) is 6.61 Å². The highest BCUT2D eigenvalue weighted by atomic mass is 35.5. The summed E-state index contributed by atoms with van der Waals surface area (Å²) in [6.07, 6.45) is 1.62. The quantitative estimate of drug-likeness (QED) is 0.410. The van der Waals surface area contributed by atoms with E-state index in [-0.39, 0.29) is 22.3 Å². The van der Waals surface area contributed by atoms with Crippen LogP contribution in [-0.4, -0.2) is 29.3 Å². The second kappa shape index (κ2) is 10.0. The Kier molecular flexibility index (Phi) is 6.90. The number of methoxy groups -OCH3 is 1. The fourth-order valence-electron chi connectivity index (χ4n) is 3.23.